The summed E-state index contributed by atoms with van der Waals surface area (Å²) in [6.45, 7) is 1.54. The molecule has 0 fully saturated rings. The highest BCUT2D eigenvalue weighted by atomic mass is 19.1. The van der Waals surface area contributed by atoms with Gasteiger partial charge in [0.05, 0.1) is 23.9 Å². The standard InChI is InChI=1S/C9H11FN2O2/c1-9(11,4-8(13)14)7-3-2-6(10)5-12-7/h2-3,5H,4,11H2,1H3,(H,13,14). The molecule has 0 aliphatic heterocycles. The molecule has 1 atom stereocenters. The number of nitrogens with zero attached hydrogens (tertiary/aromatic N) is 1. The average Bonchev–Trinajstić information content (AvgIpc) is 2.02. The Labute approximate surface area is 80.6 Å². The summed E-state index contributed by atoms with van der Waals surface area (Å²) in [5.74, 6) is -1.49. The molecule has 76 valence electrons. The molecule has 1 aromatic heterocycles. The van der Waals surface area contributed by atoms with Crippen molar-refractivity contribution in [2.45, 2.75) is 18.9 Å². The van der Waals surface area contributed by atoms with E-state index in [1.165, 1.54) is 12.1 Å². The van der Waals surface area contributed by atoms with Crippen LogP contribution in [0.15, 0.2) is 18.3 Å². The number of aromatic nitrogens is 1. The molecule has 0 spiro atoms. The Morgan fingerprint density at radius 1 is 1.71 bits per heavy atom. The second-order valence-corrected chi connectivity index (χ2v) is 3.35. The van der Waals surface area contributed by atoms with E-state index in [-0.39, 0.29) is 6.42 Å². The summed E-state index contributed by atoms with van der Waals surface area (Å²) >= 11 is 0. The van der Waals surface area contributed by atoms with Crippen LogP contribution in [0.5, 0.6) is 0 Å². The molecule has 0 aliphatic carbocycles. The average molecular weight is 198 g/mol. The third-order valence-corrected chi connectivity index (χ3v) is 1.83. The Balaban J connectivity index is 2.91. The Morgan fingerprint density at radius 3 is 2.79 bits per heavy atom. The second kappa shape index (κ2) is 3.71. The predicted molar refractivity (Wildman–Crippen MR) is 48.0 cm³/mol. The highest BCUT2D eigenvalue weighted by Gasteiger charge is 2.25. The van der Waals surface area contributed by atoms with Crippen molar-refractivity contribution >= 4 is 5.97 Å². The molecule has 0 saturated carbocycles. The van der Waals surface area contributed by atoms with Crippen LogP contribution in [-0.4, -0.2) is 16.1 Å². The van der Waals surface area contributed by atoms with Crippen molar-refractivity contribution in [2.75, 3.05) is 0 Å². The van der Waals surface area contributed by atoms with Crippen LogP contribution in [0, 0.1) is 5.82 Å². The van der Waals surface area contributed by atoms with Gasteiger partial charge < -0.3 is 10.8 Å². The minimum absolute atomic E-state index is 0.244. The van der Waals surface area contributed by atoms with Crippen molar-refractivity contribution in [3.05, 3.63) is 29.8 Å². The van der Waals surface area contributed by atoms with E-state index in [9.17, 15) is 9.18 Å². The quantitative estimate of drug-likeness (QED) is 0.755. The van der Waals surface area contributed by atoms with E-state index in [2.05, 4.69) is 4.98 Å². The number of halogens is 1. The van der Waals surface area contributed by atoms with Gasteiger partial charge in [-0.25, -0.2) is 4.39 Å². The van der Waals surface area contributed by atoms with Gasteiger partial charge in [-0.1, -0.05) is 0 Å². The van der Waals surface area contributed by atoms with Crippen LogP contribution < -0.4 is 5.73 Å². The summed E-state index contributed by atoms with van der Waals surface area (Å²) in [4.78, 5) is 14.2. The predicted octanol–water partition coefficient (Wildman–Crippen LogP) is 0.869. The topological polar surface area (TPSA) is 76.2 Å². The van der Waals surface area contributed by atoms with Gasteiger partial charge in [0.25, 0.3) is 0 Å². The number of nitrogens with two attached hydrogens (primary N) is 1. The van der Waals surface area contributed by atoms with Crippen molar-refractivity contribution in [3.8, 4) is 0 Å². The van der Waals surface area contributed by atoms with Crippen LogP contribution in [0.4, 0.5) is 4.39 Å². The van der Waals surface area contributed by atoms with Crippen LogP contribution >= 0.6 is 0 Å². The number of hydrogen-bond donors (Lipinski definition) is 2. The number of hydrogen-bond acceptors (Lipinski definition) is 3. The van der Waals surface area contributed by atoms with Gasteiger partial charge in [0.2, 0.25) is 0 Å². The van der Waals surface area contributed by atoms with E-state index >= 15 is 0 Å². The summed E-state index contributed by atoms with van der Waals surface area (Å²) in [6.07, 6.45) is 0.772. The SMILES string of the molecule is CC(N)(CC(=O)O)c1ccc(F)cn1. The zero-order valence-corrected chi connectivity index (χ0v) is 7.70. The number of aliphatic carboxylic acids is 1. The minimum atomic E-state index is -1.07. The normalized spacial score (nSPS) is 14.8. The molecule has 1 unspecified atom stereocenters. The molecule has 3 N–H and O–H groups in total. The lowest BCUT2D eigenvalue weighted by molar-refractivity contribution is -0.138. The van der Waals surface area contributed by atoms with E-state index in [4.69, 9.17) is 10.8 Å². The number of carbonyl (C=O) groups is 1. The fraction of sp³-hybridized carbons (Fsp3) is 0.333. The lowest BCUT2D eigenvalue weighted by Gasteiger charge is -2.21. The molecular weight excluding hydrogens is 187 g/mol. The van der Waals surface area contributed by atoms with E-state index in [0.29, 0.717) is 5.69 Å². The van der Waals surface area contributed by atoms with Crippen LogP contribution in [0.1, 0.15) is 19.0 Å². The molecule has 0 aromatic carbocycles. The molecule has 0 amide bonds. The van der Waals surface area contributed by atoms with Crippen molar-refractivity contribution in [2.24, 2.45) is 5.73 Å². The van der Waals surface area contributed by atoms with Crippen molar-refractivity contribution in [3.63, 3.8) is 0 Å². The van der Waals surface area contributed by atoms with E-state index in [0.717, 1.165) is 6.20 Å². The fourth-order valence-corrected chi connectivity index (χ4v) is 1.12. The smallest absolute Gasteiger partial charge is 0.305 e. The highest BCUT2D eigenvalue weighted by Crippen LogP contribution is 2.19. The lowest BCUT2D eigenvalue weighted by atomic mass is 9.94. The second-order valence-electron chi connectivity index (χ2n) is 3.35. The van der Waals surface area contributed by atoms with Gasteiger partial charge >= 0.3 is 5.97 Å². The molecule has 0 aliphatic rings. The fourth-order valence-electron chi connectivity index (χ4n) is 1.12. The first kappa shape index (κ1) is 10.6. The lowest BCUT2D eigenvalue weighted by Crippen LogP contribution is -2.36. The van der Waals surface area contributed by atoms with Gasteiger partial charge in [-0.15, -0.1) is 0 Å². The number of pyridine rings is 1. The third kappa shape index (κ3) is 2.50. The summed E-state index contributed by atoms with van der Waals surface area (Å²) in [6, 6.07) is 2.59. The van der Waals surface area contributed by atoms with Gasteiger partial charge in [-0.2, -0.15) is 0 Å². The molecule has 0 bridgehead atoms. The van der Waals surface area contributed by atoms with Crippen molar-refractivity contribution < 1.29 is 14.3 Å². The number of carboxylic acid groups (broad SMARTS) is 1. The monoisotopic (exact) mass is 198 g/mol. The molecule has 4 nitrogen and oxygen atoms in total. The van der Waals surface area contributed by atoms with Crippen molar-refractivity contribution in [1.82, 2.24) is 4.98 Å². The van der Waals surface area contributed by atoms with E-state index in [1.54, 1.807) is 6.92 Å². The van der Waals surface area contributed by atoms with Crippen LogP contribution in [0.25, 0.3) is 0 Å². The van der Waals surface area contributed by atoms with E-state index < -0.39 is 17.3 Å². The third-order valence-electron chi connectivity index (χ3n) is 1.83. The number of rotatable bonds is 3. The number of carboxylic acids is 1. The summed E-state index contributed by atoms with van der Waals surface area (Å²) < 4.78 is 12.5. The van der Waals surface area contributed by atoms with Gasteiger partial charge in [-0.3, -0.25) is 9.78 Å². The maximum atomic E-state index is 12.5. The maximum absolute atomic E-state index is 12.5. The zero-order chi connectivity index (χ0) is 10.8. The van der Waals surface area contributed by atoms with Crippen LogP contribution in [-0.2, 0) is 10.3 Å². The largest absolute Gasteiger partial charge is 0.481 e. The Kier molecular flexibility index (Phi) is 2.81. The Hall–Kier alpha value is -1.49. The Morgan fingerprint density at radius 2 is 2.36 bits per heavy atom. The zero-order valence-electron chi connectivity index (χ0n) is 7.70. The maximum Gasteiger partial charge on any atom is 0.305 e. The van der Waals surface area contributed by atoms with Gasteiger partial charge in [0.15, 0.2) is 0 Å². The first-order valence-electron chi connectivity index (χ1n) is 4.04. The van der Waals surface area contributed by atoms with Crippen LogP contribution in [0.3, 0.4) is 0 Å². The van der Waals surface area contributed by atoms with E-state index in [1.807, 2.05) is 0 Å². The first-order chi connectivity index (χ1) is 6.42. The molecule has 0 saturated heterocycles. The summed E-state index contributed by atoms with van der Waals surface area (Å²) in [5, 5.41) is 8.58. The first-order valence-corrected chi connectivity index (χ1v) is 4.04. The molecule has 1 rings (SSSR count). The van der Waals surface area contributed by atoms with Crippen molar-refractivity contribution in [1.29, 1.82) is 0 Å². The molecule has 1 aromatic rings. The minimum Gasteiger partial charge on any atom is -0.481 e. The highest BCUT2D eigenvalue weighted by molar-refractivity contribution is 5.68. The molecule has 5 heteroatoms. The van der Waals surface area contributed by atoms with Crippen LogP contribution in [0.2, 0.25) is 0 Å². The molecule has 14 heavy (non-hydrogen) atoms. The summed E-state index contributed by atoms with van der Waals surface area (Å²) in [5.41, 5.74) is 5.02. The van der Waals surface area contributed by atoms with Gasteiger partial charge in [0, 0.05) is 0 Å². The van der Waals surface area contributed by atoms with Gasteiger partial charge in [0.1, 0.15) is 5.82 Å². The Bertz CT molecular complexity index is 335. The molecule has 1 heterocycles. The molecular formula is C9H11FN2O2. The molecule has 0 radical (unpaired) electrons. The summed E-state index contributed by atoms with van der Waals surface area (Å²) in [7, 11) is 0. The van der Waals surface area contributed by atoms with Gasteiger partial charge in [-0.05, 0) is 19.1 Å².